The second kappa shape index (κ2) is 7.63. The van der Waals surface area contributed by atoms with E-state index in [-0.39, 0.29) is 11.7 Å². The van der Waals surface area contributed by atoms with Crippen LogP contribution in [0.5, 0.6) is 5.75 Å². The lowest BCUT2D eigenvalue weighted by molar-refractivity contribution is 0.0954. The monoisotopic (exact) mass is 282 g/mol. The summed E-state index contributed by atoms with van der Waals surface area (Å²) in [5.41, 5.74) is 1.85. The molecule has 0 N–H and O–H groups in total. The van der Waals surface area contributed by atoms with Crippen LogP contribution in [0.1, 0.15) is 48.0 Å². The SMILES string of the molecule is CCCC[C@H](C(=O)c1ccc(OC)cc1)c1ccccc1. The zero-order chi connectivity index (χ0) is 15.1. The molecule has 0 saturated carbocycles. The van der Waals surface area contributed by atoms with Crippen LogP contribution in [0.4, 0.5) is 0 Å². The fourth-order valence-electron chi connectivity index (χ4n) is 2.50. The highest BCUT2D eigenvalue weighted by atomic mass is 16.5. The van der Waals surface area contributed by atoms with Crippen LogP contribution in [0, 0.1) is 0 Å². The molecule has 0 radical (unpaired) electrons. The van der Waals surface area contributed by atoms with Gasteiger partial charge in [0.05, 0.1) is 7.11 Å². The Bertz CT molecular complexity index is 558. The summed E-state index contributed by atoms with van der Waals surface area (Å²) < 4.78 is 5.15. The fourth-order valence-corrected chi connectivity index (χ4v) is 2.50. The Balaban J connectivity index is 2.24. The van der Waals surface area contributed by atoms with Gasteiger partial charge < -0.3 is 4.74 Å². The van der Waals surface area contributed by atoms with Gasteiger partial charge in [0.25, 0.3) is 0 Å². The largest absolute Gasteiger partial charge is 0.497 e. The molecule has 0 amide bonds. The average Bonchev–Trinajstić information content (AvgIpc) is 2.56. The van der Waals surface area contributed by atoms with Crippen LogP contribution >= 0.6 is 0 Å². The second-order valence-electron chi connectivity index (χ2n) is 5.20. The molecule has 0 aliphatic rings. The van der Waals surface area contributed by atoms with E-state index in [1.165, 1.54) is 0 Å². The number of carbonyl (C=O) groups is 1. The van der Waals surface area contributed by atoms with E-state index in [0.29, 0.717) is 0 Å². The lowest BCUT2D eigenvalue weighted by atomic mass is 9.86. The Morgan fingerprint density at radius 1 is 1.05 bits per heavy atom. The summed E-state index contributed by atoms with van der Waals surface area (Å²) in [6.07, 6.45) is 3.05. The van der Waals surface area contributed by atoms with Crippen LogP contribution < -0.4 is 4.74 Å². The lowest BCUT2D eigenvalue weighted by Gasteiger charge is -2.16. The first-order valence-electron chi connectivity index (χ1n) is 7.49. The van der Waals surface area contributed by atoms with Gasteiger partial charge in [-0.1, -0.05) is 50.1 Å². The fraction of sp³-hybridized carbons (Fsp3) is 0.316. The maximum Gasteiger partial charge on any atom is 0.170 e. The van der Waals surface area contributed by atoms with Crippen molar-refractivity contribution in [1.82, 2.24) is 0 Å². The van der Waals surface area contributed by atoms with Crippen molar-refractivity contribution in [3.05, 3.63) is 65.7 Å². The smallest absolute Gasteiger partial charge is 0.170 e. The third-order valence-electron chi connectivity index (χ3n) is 3.74. The number of rotatable bonds is 7. The zero-order valence-electron chi connectivity index (χ0n) is 12.7. The van der Waals surface area contributed by atoms with Crippen LogP contribution in [0.2, 0.25) is 0 Å². The molecule has 2 aromatic rings. The van der Waals surface area contributed by atoms with Crippen molar-refractivity contribution in [1.29, 1.82) is 0 Å². The van der Waals surface area contributed by atoms with Gasteiger partial charge in [-0.3, -0.25) is 4.79 Å². The minimum absolute atomic E-state index is 0.0560. The van der Waals surface area contributed by atoms with Gasteiger partial charge in [-0.25, -0.2) is 0 Å². The van der Waals surface area contributed by atoms with E-state index >= 15 is 0 Å². The number of ketones is 1. The number of unbranched alkanes of at least 4 members (excludes halogenated alkanes) is 1. The van der Waals surface area contributed by atoms with E-state index in [1.807, 2.05) is 54.6 Å². The van der Waals surface area contributed by atoms with Crippen molar-refractivity contribution in [3.8, 4) is 5.75 Å². The third kappa shape index (κ3) is 3.94. The molecular formula is C19H22O2. The van der Waals surface area contributed by atoms with Gasteiger partial charge in [0, 0.05) is 11.5 Å². The van der Waals surface area contributed by atoms with Gasteiger partial charge in [-0.05, 0) is 36.2 Å². The Labute approximate surface area is 126 Å². The zero-order valence-corrected chi connectivity index (χ0v) is 12.7. The maximum absolute atomic E-state index is 12.8. The molecular weight excluding hydrogens is 260 g/mol. The van der Waals surface area contributed by atoms with E-state index < -0.39 is 0 Å². The summed E-state index contributed by atoms with van der Waals surface area (Å²) in [4.78, 5) is 12.8. The third-order valence-corrected chi connectivity index (χ3v) is 3.74. The van der Waals surface area contributed by atoms with Gasteiger partial charge in [0.15, 0.2) is 5.78 Å². The Morgan fingerprint density at radius 2 is 1.71 bits per heavy atom. The molecule has 0 unspecified atom stereocenters. The molecule has 110 valence electrons. The minimum Gasteiger partial charge on any atom is -0.497 e. The van der Waals surface area contributed by atoms with Gasteiger partial charge in [-0.15, -0.1) is 0 Å². The standard InChI is InChI=1S/C19H22O2/c1-3-4-10-18(15-8-6-5-7-9-15)19(20)16-11-13-17(21-2)14-12-16/h5-9,11-14,18H,3-4,10H2,1-2H3/t18-/m0/s1. The predicted octanol–water partition coefficient (Wildman–Crippen LogP) is 4.85. The highest BCUT2D eigenvalue weighted by molar-refractivity contribution is 6.01. The predicted molar refractivity (Wildman–Crippen MR) is 86.0 cm³/mol. The summed E-state index contributed by atoms with van der Waals surface area (Å²) in [5, 5.41) is 0. The highest BCUT2D eigenvalue weighted by Crippen LogP contribution is 2.27. The van der Waals surface area contributed by atoms with E-state index in [4.69, 9.17) is 4.74 Å². The van der Waals surface area contributed by atoms with Crippen molar-refractivity contribution in [2.75, 3.05) is 7.11 Å². The Kier molecular flexibility index (Phi) is 5.56. The number of hydrogen-bond acceptors (Lipinski definition) is 2. The number of Topliss-reactive ketones (excluding diaryl/α,β-unsaturated/α-hetero) is 1. The topological polar surface area (TPSA) is 26.3 Å². The molecule has 2 rings (SSSR count). The van der Waals surface area contributed by atoms with Crippen LogP contribution in [-0.2, 0) is 0 Å². The van der Waals surface area contributed by atoms with Crippen molar-refractivity contribution in [3.63, 3.8) is 0 Å². The van der Waals surface area contributed by atoms with E-state index in [0.717, 1.165) is 36.1 Å². The quantitative estimate of drug-likeness (QED) is 0.678. The summed E-state index contributed by atoms with van der Waals surface area (Å²) in [6.45, 7) is 2.15. The van der Waals surface area contributed by atoms with Crippen LogP contribution in [-0.4, -0.2) is 12.9 Å². The molecule has 21 heavy (non-hydrogen) atoms. The molecule has 0 aliphatic heterocycles. The number of ether oxygens (including phenoxy) is 1. The molecule has 2 nitrogen and oxygen atoms in total. The molecule has 0 bridgehead atoms. The Morgan fingerprint density at radius 3 is 2.29 bits per heavy atom. The summed E-state index contributed by atoms with van der Waals surface area (Å²) in [6, 6.07) is 17.4. The molecule has 2 aromatic carbocycles. The van der Waals surface area contributed by atoms with Gasteiger partial charge in [-0.2, -0.15) is 0 Å². The van der Waals surface area contributed by atoms with E-state index in [9.17, 15) is 4.79 Å². The van der Waals surface area contributed by atoms with Gasteiger partial charge in [0.1, 0.15) is 5.75 Å². The maximum atomic E-state index is 12.8. The highest BCUT2D eigenvalue weighted by Gasteiger charge is 2.21. The first-order valence-corrected chi connectivity index (χ1v) is 7.49. The van der Waals surface area contributed by atoms with Crippen LogP contribution in [0.15, 0.2) is 54.6 Å². The van der Waals surface area contributed by atoms with Crippen molar-refractivity contribution < 1.29 is 9.53 Å². The van der Waals surface area contributed by atoms with Crippen molar-refractivity contribution in [2.45, 2.75) is 32.1 Å². The molecule has 0 saturated heterocycles. The lowest BCUT2D eigenvalue weighted by Crippen LogP contribution is -2.13. The van der Waals surface area contributed by atoms with Crippen molar-refractivity contribution in [2.24, 2.45) is 0 Å². The number of benzene rings is 2. The van der Waals surface area contributed by atoms with E-state index in [1.54, 1.807) is 7.11 Å². The van der Waals surface area contributed by atoms with Gasteiger partial charge in [0.2, 0.25) is 0 Å². The van der Waals surface area contributed by atoms with Gasteiger partial charge >= 0.3 is 0 Å². The average molecular weight is 282 g/mol. The summed E-state index contributed by atoms with van der Waals surface area (Å²) >= 11 is 0. The van der Waals surface area contributed by atoms with Crippen molar-refractivity contribution >= 4 is 5.78 Å². The molecule has 0 spiro atoms. The molecule has 2 heteroatoms. The molecule has 0 aliphatic carbocycles. The Hall–Kier alpha value is -2.09. The minimum atomic E-state index is -0.0560. The summed E-state index contributed by atoms with van der Waals surface area (Å²) in [7, 11) is 1.63. The second-order valence-corrected chi connectivity index (χ2v) is 5.20. The summed E-state index contributed by atoms with van der Waals surface area (Å²) in [5.74, 6) is 0.910. The molecule has 1 atom stereocenters. The van der Waals surface area contributed by atoms with Crippen LogP contribution in [0.3, 0.4) is 0 Å². The number of methoxy groups -OCH3 is 1. The molecule has 0 heterocycles. The first kappa shape index (κ1) is 15.3. The van der Waals surface area contributed by atoms with Crippen LogP contribution in [0.25, 0.3) is 0 Å². The molecule has 0 aromatic heterocycles. The first-order chi connectivity index (χ1) is 10.3. The normalized spacial score (nSPS) is 11.9. The number of carbonyl (C=O) groups excluding carboxylic acids is 1. The molecule has 0 fully saturated rings. The van der Waals surface area contributed by atoms with E-state index in [2.05, 4.69) is 6.92 Å². The number of hydrogen-bond donors (Lipinski definition) is 0.